The zero-order valence-corrected chi connectivity index (χ0v) is 10.5. The Bertz CT molecular complexity index is 263. The van der Waals surface area contributed by atoms with Crippen LogP contribution in [0.1, 0.15) is 32.3 Å². The van der Waals surface area contributed by atoms with E-state index in [-0.39, 0.29) is 0 Å². The lowest BCUT2D eigenvalue weighted by molar-refractivity contribution is -0.0979. The van der Waals surface area contributed by atoms with Crippen molar-refractivity contribution in [3.63, 3.8) is 0 Å². The molecule has 0 unspecified atom stereocenters. The molecule has 0 fully saturated rings. The van der Waals surface area contributed by atoms with Crippen molar-refractivity contribution in [2.75, 3.05) is 7.11 Å². The third-order valence-corrected chi connectivity index (χ3v) is 2.84. The highest BCUT2D eigenvalue weighted by Crippen LogP contribution is 2.18. The Morgan fingerprint density at radius 2 is 1.62 bits per heavy atom. The van der Waals surface area contributed by atoms with E-state index in [1.807, 2.05) is 18.9 Å². The summed E-state index contributed by atoms with van der Waals surface area (Å²) in [6, 6.07) is 8.41. The highest BCUT2D eigenvalue weighted by Gasteiger charge is 2.04. The number of hydrogen-bond donors (Lipinski definition) is 0. The van der Waals surface area contributed by atoms with Crippen LogP contribution in [-0.2, 0) is 11.2 Å². The molecular formula is C14H22O2. The van der Waals surface area contributed by atoms with Crippen LogP contribution in [0, 0.1) is 5.92 Å². The third kappa shape index (κ3) is 4.96. The third-order valence-electron chi connectivity index (χ3n) is 2.84. The molecule has 0 atom stereocenters. The summed E-state index contributed by atoms with van der Waals surface area (Å²) in [5.41, 5.74) is 1.42. The van der Waals surface area contributed by atoms with Crippen LogP contribution < -0.4 is 4.74 Å². The van der Waals surface area contributed by atoms with Gasteiger partial charge < -0.3 is 9.53 Å². The van der Waals surface area contributed by atoms with Crippen LogP contribution in [0.25, 0.3) is 0 Å². The van der Waals surface area contributed by atoms with Gasteiger partial charge in [0.1, 0.15) is 12.5 Å². The maximum atomic E-state index is 8.00. The fourth-order valence-corrected chi connectivity index (χ4v) is 1.67. The number of carbonyl (C=O) groups excluding carboxylic acids is 1. The van der Waals surface area contributed by atoms with Gasteiger partial charge in [-0.3, -0.25) is 0 Å². The first-order valence-electron chi connectivity index (χ1n) is 5.71. The molecule has 2 heteroatoms. The molecule has 0 saturated heterocycles. The molecule has 90 valence electrons. The second-order valence-electron chi connectivity index (χ2n) is 3.73. The maximum absolute atomic E-state index is 8.00. The first-order chi connectivity index (χ1) is 7.80. The minimum Gasteiger partial charge on any atom is -0.497 e. The van der Waals surface area contributed by atoms with Gasteiger partial charge in [-0.2, -0.15) is 0 Å². The standard InChI is InChI=1S/C13H20O.CH2O/c1-4-11(5-2)10-12-6-8-13(14-3)9-7-12;1-2/h6-9,11H,4-5,10H2,1-3H3;1H2. The van der Waals surface area contributed by atoms with Gasteiger partial charge in [0.25, 0.3) is 0 Å². The normalized spacial score (nSPS) is 9.50. The molecule has 0 spiro atoms. The van der Waals surface area contributed by atoms with E-state index in [0.29, 0.717) is 0 Å². The summed E-state index contributed by atoms with van der Waals surface area (Å²) in [7, 11) is 1.70. The number of methoxy groups -OCH3 is 1. The van der Waals surface area contributed by atoms with E-state index in [4.69, 9.17) is 9.53 Å². The van der Waals surface area contributed by atoms with E-state index in [1.165, 1.54) is 24.8 Å². The molecular weight excluding hydrogens is 200 g/mol. The fraction of sp³-hybridized carbons (Fsp3) is 0.500. The minimum atomic E-state index is 0.823. The predicted octanol–water partition coefficient (Wildman–Crippen LogP) is 3.49. The number of benzene rings is 1. The summed E-state index contributed by atoms with van der Waals surface area (Å²) in [5.74, 6) is 1.77. The summed E-state index contributed by atoms with van der Waals surface area (Å²) < 4.78 is 5.13. The predicted molar refractivity (Wildman–Crippen MR) is 67.9 cm³/mol. The molecule has 0 N–H and O–H groups in total. The van der Waals surface area contributed by atoms with E-state index < -0.39 is 0 Å². The van der Waals surface area contributed by atoms with Crippen LogP contribution >= 0.6 is 0 Å². The lowest BCUT2D eigenvalue weighted by atomic mass is 9.95. The van der Waals surface area contributed by atoms with E-state index >= 15 is 0 Å². The average molecular weight is 222 g/mol. The van der Waals surface area contributed by atoms with E-state index in [1.54, 1.807) is 7.11 Å². The monoisotopic (exact) mass is 222 g/mol. The van der Waals surface area contributed by atoms with Crippen molar-refractivity contribution in [3.05, 3.63) is 29.8 Å². The van der Waals surface area contributed by atoms with Gasteiger partial charge in [0.15, 0.2) is 0 Å². The molecule has 0 amide bonds. The van der Waals surface area contributed by atoms with Crippen molar-refractivity contribution >= 4 is 6.79 Å². The Hall–Kier alpha value is -1.31. The number of carbonyl (C=O) groups is 1. The lowest BCUT2D eigenvalue weighted by Gasteiger charge is -2.12. The van der Waals surface area contributed by atoms with Gasteiger partial charge in [-0.15, -0.1) is 0 Å². The fourth-order valence-electron chi connectivity index (χ4n) is 1.67. The molecule has 0 heterocycles. The van der Waals surface area contributed by atoms with E-state index in [9.17, 15) is 0 Å². The van der Waals surface area contributed by atoms with Gasteiger partial charge >= 0.3 is 0 Å². The highest BCUT2D eigenvalue weighted by molar-refractivity contribution is 5.27. The Balaban J connectivity index is 0.00000106. The lowest BCUT2D eigenvalue weighted by Crippen LogP contribution is -2.01. The SMILES string of the molecule is C=O.CCC(CC)Cc1ccc(OC)cc1. The molecule has 0 aliphatic heterocycles. The summed E-state index contributed by atoms with van der Waals surface area (Å²) in [6.07, 6.45) is 3.72. The zero-order chi connectivity index (χ0) is 12.4. The van der Waals surface area contributed by atoms with Gasteiger partial charge in [-0.1, -0.05) is 38.8 Å². The van der Waals surface area contributed by atoms with E-state index in [0.717, 1.165) is 11.7 Å². The summed E-state index contributed by atoms with van der Waals surface area (Å²) in [5, 5.41) is 0. The smallest absolute Gasteiger partial charge is 0.118 e. The average Bonchev–Trinajstić information content (AvgIpc) is 2.39. The van der Waals surface area contributed by atoms with Crippen molar-refractivity contribution in [2.24, 2.45) is 5.92 Å². The summed E-state index contributed by atoms with van der Waals surface area (Å²) >= 11 is 0. The number of hydrogen-bond acceptors (Lipinski definition) is 2. The molecule has 0 radical (unpaired) electrons. The van der Waals surface area contributed by atoms with Crippen molar-refractivity contribution in [2.45, 2.75) is 33.1 Å². The summed E-state index contributed by atoms with van der Waals surface area (Å²) in [6.45, 7) is 6.52. The van der Waals surface area contributed by atoms with Crippen LogP contribution in [0.15, 0.2) is 24.3 Å². The minimum absolute atomic E-state index is 0.823. The Kier molecular flexibility index (Phi) is 8.22. The first kappa shape index (κ1) is 14.7. The van der Waals surface area contributed by atoms with Crippen LogP contribution in [-0.4, -0.2) is 13.9 Å². The number of ether oxygens (including phenoxy) is 1. The highest BCUT2D eigenvalue weighted by atomic mass is 16.5. The van der Waals surface area contributed by atoms with E-state index in [2.05, 4.69) is 26.0 Å². The van der Waals surface area contributed by atoms with Crippen molar-refractivity contribution in [1.82, 2.24) is 0 Å². The molecule has 0 aliphatic carbocycles. The molecule has 2 nitrogen and oxygen atoms in total. The molecule has 16 heavy (non-hydrogen) atoms. The zero-order valence-electron chi connectivity index (χ0n) is 10.5. The number of rotatable bonds is 5. The Morgan fingerprint density at radius 1 is 1.12 bits per heavy atom. The van der Waals surface area contributed by atoms with Crippen molar-refractivity contribution < 1.29 is 9.53 Å². The second kappa shape index (κ2) is 8.96. The largest absolute Gasteiger partial charge is 0.497 e. The van der Waals surface area contributed by atoms with Crippen molar-refractivity contribution in [3.8, 4) is 5.75 Å². The molecule has 0 aromatic heterocycles. The van der Waals surface area contributed by atoms with Crippen LogP contribution in [0.2, 0.25) is 0 Å². The topological polar surface area (TPSA) is 26.3 Å². The molecule has 1 aromatic rings. The molecule has 1 rings (SSSR count). The Labute approximate surface area is 98.6 Å². The molecule has 1 aromatic carbocycles. The second-order valence-corrected chi connectivity index (χ2v) is 3.73. The van der Waals surface area contributed by atoms with Crippen LogP contribution in [0.5, 0.6) is 5.75 Å². The van der Waals surface area contributed by atoms with Crippen LogP contribution in [0.3, 0.4) is 0 Å². The van der Waals surface area contributed by atoms with Gasteiger partial charge in [0, 0.05) is 0 Å². The van der Waals surface area contributed by atoms with Crippen LogP contribution in [0.4, 0.5) is 0 Å². The Morgan fingerprint density at radius 3 is 2.00 bits per heavy atom. The van der Waals surface area contributed by atoms with Gasteiger partial charge in [0.2, 0.25) is 0 Å². The summed E-state index contributed by atoms with van der Waals surface area (Å²) in [4.78, 5) is 8.00. The molecule has 0 saturated carbocycles. The first-order valence-corrected chi connectivity index (χ1v) is 5.71. The molecule has 0 aliphatic rings. The molecule has 0 bridgehead atoms. The quantitative estimate of drug-likeness (QED) is 0.762. The van der Waals surface area contributed by atoms with Crippen molar-refractivity contribution in [1.29, 1.82) is 0 Å². The maximum Gasteiger partial charge on any atom is 0.118 e. The van der Waals surface area contributed by atoms with Gasteiger partial charge in [0.05, 0.1) is 7.11 Å². The van der Waals surface area contributed by atoms with Gasteiger partial charge in [-0.25, -0.2) is 0 Å². The van der Waals surface area contributed by atoms with Gasteiger partial charge in [-0.05, 0) is 30.0 Å².